The third-order valence-corrected chi connectivity index (χ3v) is 1.86. The molecule has 2 heteroatoms. The van der Waals surface area contributed by atoms with E-state index in [0.29, 0.717) is 0 Å². The predicted octanol–water partition coefficient (Wildman–Crippen LogP) is 3.64. The smallest absolute Gasteiger partial charge is 0.117 e. The Morgan fingerprint density at radius 1 is 1.00 bits per heavy atom. The molecule has 1 radical (unpaired) electrons. The van der Waals surface area contributed by atoms with Gasteiger partial charge >= 0.3 is 0 Å². The highest BCUT2D eigenvalue weighted by molar-refractivity contribution is 5.55. The summed E-state index contributed by atoms with van der Waals surface area (Å²) in [5.74, 6) is 0. The van der Waals surface area contributed by atoms with E-state index in [1.54, 1.807) is 0 Å². The molecule has 0 atom stereocenters. The first-order chi connectivity index (χ1) is 6.41. The molecule has 2 nitrogen and oxygen atoms in total. The van der Waals surface area contributed by atoms with Crippen molar-refractivity contribution in [2.75, 3.05) is 6.61 Å². The summed E-state index contributed by atoms with van der Waals surface area (Å²) in [5, 5.41) is 3.76. The van der Waals surface area contributed by atoms with Crippen molar-refractivity contribution in [3.63, 3.8) is 0 Å². The summed E-state index contributed by atoms with van der Waals surface area (Å²) < 4.78 is 0. The summed E-state index contributed by atoms with van der Waals surface area (Å²) in [4.78, 5) is 5.04. The molecule has 0 amide bonds. The van der Waals surface area contributed by atoms with E-state index in [1.807, 2.05) is 0 Å². The lowest BCUT2D eigenvalue weighted by Gasteiger charge is -1.97. The lowest BCUT2D eigenvalue weighted by atomic mass is 10.2. The van der Waals surface area contributed by atoms with E-state index >= 15 is 0 Å². The third kappa shape index (κ3) is 11.5. The van der Waals surface area contributed by atoms with Gasteiger partial charge in [0, 0.05) is 0 Å². The quantitative estimate of drug-likeness (QED) is 0.304. The molecule has 0 bridgehead atoms. The molecule has 0 heterocycles. The first-order valence-corrected chi connectivity index (χ1v) is 5.46. The van der Waals surface area contributed by atoms with Crippen molar-refractivity contribution >= 4 is 6.21 Å². The summed E-state index contributed by atoms with van der Waals surface area (Å²) in [5.41, 5.74) is 0. The van der Waals surface area contributed by atoms with E-state index < -0.39 is 0 Å². The van der Waals surface area contributed by atoms with Crippen molar-refractivity contribution < 1.29 is 4.84 Å². The summed E-state index contributed by atoms with van der Waals surface area (Å²) in [6.07, 6.45) is 11.1. The fourth-order valence-electron chi connectivity index (χ4n) is 0.986. The van der Waals surface area contributed by atoms with Crippen LogP contribution in [0.3, 0.4) is 0 Å². The maximum atomic E-state index is 5.04. The van der Waals surface area contributed by atoms with E-state index in [2.05, 4.69) is 25.2 Å². The lowest BCUT2D eigenvalue weighted by Crippen LogP contribution is -1.88. The Kier molecular flexibility index (Phi) is 11.0. The van der Waals surface area contributed by atoms with Gasteiger partial charge in [0.25, 0.3) is 0 Å². The van der Waals surface area contributed by atoms with Crippen LogP contribution >= 0.6 is 0 Å². The minimum absolute atomic E-state index is 0.749. The van der Waals surface area contributed by atoms with Gasteiger partial charge in [-0.15, -0.1) is 0 Å². The molecule has 0 spiro atoms. The van der Waals surface area contributed by atoms with Crippen LogP contribution in [0.15, 0.2) is 5.16 Å². The summed E-state index contributed by atoms with van der Waals surface area (Å²) in [6, 6.07) is 0. The van der Waals surface area contributed by atoms with Gasteiger partial charge in [0.05, 0.1) is 0 Å². The van der Waals surface area contributed by atoms with Crippen molar-refractivity contribution in [1.82, 2.24) is 0 Å². The predicted molar refractivity (Wildman–Crippen MR) is 57.1 cm³/mol. The molecule has 0 unspecified atom stereocenters. The number of hydrogen-bond donors (Lipinski definition) is 0. The molecule has 0 aromatic heterocycles. The molecule has 0 saturated heterocycles. The first-order valence-electron chi connectivity index (χ1n) is 5.46. The van der Waals surface area contributed by atoms with E-state index in [-0.39, 0.29) is 0 Å². The summed E-state index contributed by atoms with van der Waals surface area (Å²) in [7, 11) is 0. The number of unbranched alkanes of at least 4 members (excludes halogenated alkanes) is 5. The number of rotatable bonds is 9. The van der Waals surface area contributed by atoms with Gasteiger partial charge in [0.2, 0.25) is 0 Å². The molecule has 0 aromatic carbocycles. The average molecular weight is 184 g/mol. The molecule has 0 aliphatic carbocycles. The zero-order valence-electron chi connectivity index (χ0n) is 9.01. The van der Waals surface area contributed by atoms with Crippen LogP contribution in [0.2, 0.25) is 0 Å². The second kappa shape index (κ2) is 11.5. The zero-order valence-corrected chi connectivity index (χ0v) is 9.01. The maximum absolute atomic E-state index is 5.04. The van der Waals surface area contributed by atoms with Gasteiger partial charge < -0.3 is 4.84 Å². The fraction of sp³-hybridized carbons (Fsp3) is 0.909. The Hall–Kier alpha value is -0.530. The fourth-order valence-corrected chi connectivity index (χ4v) is 0.986. The topological polar surface area (TPSA) is 21.6 Å². The van der Waals surface area contributed by atoms with Crippen molar-refractivity contribution in [3.05, 3.63) is 0 Å². The number of hydrogen-bond acceptors (Lipinski definition) is 2. The van der Waals surface area contributed by atoms with E-state index in [1.165, 1.54) is 25.7 Å². The molecule has 13 heavy (non-hydrogen) atoms. The third-order valence-electron chi connectivity index (χ3n) is 1.86. The Morgan fingerprint density at radius 2 is 1.77 bits per heavy atom. The summed E-state index contributed by atoms with van der Waals surface area (Å²) in [6.45, 7) is 5.12. The molecule has 0 aromatic rings. The van der Waals surface area contributed by atoms with Crippen LogP contribution < -0.4 is 0 Å². The number of nitrogens with zero attached hydrogens (tertiary/aromatic N) is 1. The zero-order chi connectivity index (χ0) is 9.78. The van der Waals surface area contributed by atoms with Crippen LogP contribution in [0.1, 0.15) is 58.8 Å². The Morgan fingerprint density at radius 3 is 2.46 bits per heavy atom. The first kappa shape index (κ1) is 12.5. The van der Waals surface area contributed by atoms with Crippen molar-refractivity contribution in [3.8, 4) is 0 Å². The van der Waals surface area contributed by atoms with E-state index in [9.17, 15) is 0 Å². The van der Waals surface area contributed by atoms with Crippen molar-refractivity contribution in [2.24, 2.45) is 5.16 Å². The minimum Gasteiger partial charge on any atom is -0.396 e. The highest BCUT2D eigenvalue weighted by Crippen LogP contribution is 1.98. The van der Waals surface area contributed by atoms with Crippen LogP contribution in [-0.2, 0) is 4.84 Å². The second-order valence-electron chi connectivity index (χ2n) is 3.25. The van der Waals surface area contributed by atoms with Gasteiger partial charge in [-0.1, -0.05) is 38.3 Å². The van der Waals surface area contributed by atoms with Crippen LogP contribution in [0.5, 0.6) is 0 Å². The van der Waals surface area contributed by atoms with Gasteiger partial charge in [-0.05, 0) is 25.7 Å². The van der Waals surface area contributed by atoms with E-state index in [4.69, 9.17) is 4.84 Å². The SMILES string of the molecule is CCCC/[C]=N\OCCCCCC. The second-order valence-corrected chi connectivity index (χ2v) is 3.25. The Balaban J connectivity index is 2.93. The van der Waals surface area contributed by atoms with Gasteiger partial charge in [0.15, 0.2) is 0 Å². The highest BCUT2D eigenvalue weighted by Gasteiger charge is 1.87. The molecule has 0 N–H and O–H groups in total. The van der Waals surface area contributed by atoms with Crippen molar-refractivity contribution in [1.29, 1.82) is 0 Å². The van der Waals surface area contributed by atoms with Gasteiger partial charge in [0.1, 0.15) is 12.8 Å². The molecule has 0 aliphatic heterocycles. The van der Waals surface area contributed by atoms with Gasteiger partial charge in [-0.2, -0.15) is 0 Å². The molecule has 0 saturated carbocycles. The van der Waals surface area contributed by atoms with Crippen LogP contribution in [0.25, 0.3) is 0 Å². The monoisotopic (exact) mass is 184 g/mol. The Labute approximate surface area is 82.4 Å². The normalized spacial score (nSPS) is 10.9. The minimum atomic E-state index is 0.749. The molecule has 77 valence electrons. The molecule has 0 rings (SSSR count). The van der Waals surface area contributed by atoms with Crippen LogP contribution in [0, 0.1) is 0 Å². The largest absolute Gasteiger partial charge is 0.396 e. The van der Waals surface area contributed by atoms with E-state index in [0.717, 1.165) is 25.9 Å². The Bertz CT molecular complexity index is 113. The molecule has 0 aliphatic rings. The lowest BCUT2D eigenvalue weighted by molar-refractivity contribution is 0.140. The standard InChI is InChI=1S/C11H22NO/c1-3-5-7-9-11-13-12-10-8-6-4-2/h3-9,11H2,1-2H3. The maximum Gasteiger partial charge on any atom is 0.117 e. The highest BCUT2D eigenvalue weighted by atomic mass is 16.6. The van der Waals surface area contributed by atoms with Crippen LogP contribution in [-0.4, -0.2) is 12.8 Å². The summed E-state index contributed by atoms with van der Waals surface area (Å²) >= 11 is 0. The molecular weight excluding hydrogens is 162 g/mol. The molecule has 0 fully saturated rings. The molecular formula is C11H22NO. The van der Waals surface area contributed by atoms with Gasteiger partial charge in [-0.25, -0.2) is 0 Å². The van der Waals surface area contributed by atoms with Crippen LogP contribution in [0.4, 0.5) is 0 Å². The average Bonchev–Trinajstić information content (AvgIpc) is 2.16. The van der Waals surface area contributed by atoms with Crippen molar-refractivity contribution in [2.45, 2.75) is 58.8 Å². The van der Waals surface area contributed by atoms with Gasteiger partial charge in [-0.3, -0.25) is 0 Å².